The molecule has 0 fully saturated rings. The third-order valence-electron chi connectivity index (χ3n) is 1.01. The topological polar surface area (TPSA) is 68.2 Å². The summed E-state index contributed by atoms with van der Waals surface area (Å²) in [5, 5.41) is 8.76. The Morgan fingerprint density at radius 2 is 1.27 bits per heavy atom. The molecule has 0 aliphatic carbocycles. The van der Waals surface area contributed by atoms with Gasteiger partial charge in [-0.1, -0.05) is 6.92 Å². The molecule has 0 atom stereocenters. The summed E-state index contributed by atoms with van der Waals surface area (Å²) in [6.45, 7) is 8.82. The fourth-order valence-electron chi connectivity index (χ4n) is 0.428. The molecule has 0 unspecified atom stereocenters. The first-order valence-corrected chi connectivity index (χ1v) is 5.02. The van der Waals surface area contributed by atoms with Crippen LogP contribution in [0.2, 0.25) is 0 Å². The second kappa shape index (κ2) is 13.3. The first-order valence-electron chi connectivity index (χ1n) is 5.02. The normalized spacial score (nSPS) is 9.67. The Morgan fingerprint density at radius 1 is 1.00 bits per heavy atom. The maximum atomic E-state index is 9.37. The van der Waals surface area contributed by atoms with Crippen LogP contribution in [0.25, 0.3) is 0 Å². The monoisotopic (exact) mass is 223 g/mol. The lowest BCUT2D eigenvalue weighted by atomic mass is 10.5. The van der Waals surface area contributed by atoms with Gasteiger partial charge in [-0.2, -0.15) is 0 Å². The third kappa shape index (κ3) is 16.0. The highest BCUT2D eigenvalue weighted by Gasteiger charge is 2.01. The van der Waals surface area contributed by atoms with Crippen LogP contribution in [0.4, 0.5) is 0 Å². The molecule has 0 heterocycles. The number of aliphatic carboxylic acids is 1. The van der Waals surface area contributed by atoms with E-state index in [0.717, 1.165) is 5.39 Å². The number of nitrogens with zero attached hydrogens (tertiary/aromatic N) is 1. The summed E-state index contributed by atoms with van der Waals surface area (Å²) >= 11 is 0. The van der Waals surface area contributed by atoms with E-state index in [0.29, 0.717) is 19.8 Å². The van der Waals surface area contributed by atoms with Crippen LogP contribution in [-0.2, 0) is 19.3 Å². The molecule has 0 aliphatic heterocycles. The van der Waals surface area contributed by atoms with Crippen LogP contribution < -0.4 is 0 Å². The highest BCUT2D eigenvalue weighted by molar-refractivity contribution is 5.66. The first kappa shape index (κ1) is 16.7. The van der Waals surface area contributed by atoms with E-state index in [2.05, 4.69) is 0 Å². The number of rotatable bonds is 7. The highest BCUT2D eigenvalue weighted by Crippen LogP contribution is 1.92. The maximum absolute atomic E-state index is 9.37. The largest absolute Gasteiger partial charge is 0.481 e. The molecule has 92 valence electrons. The zero-order valence-electron chi connectivity index (χ0n) is 9.86. The molecule has 0 saturated carbocycles. The number of carboxylic acids is 1. The van der Waals surface area contributed by atoms with Crippen LogP contribution in [0.5, 0.6) is 0 Å². The Hall–Kier alpha value is -0.690. The van der Waals surface area contributed by atoms with Crippen molar-refractivity contribution in [1.29, 1.82) is 0 Å². The van der Waals surface area contributed by atoms with E-state index in [1.807, 2.05) is 20.8 Å². The average molecular weight is 223 g/mol. The molecular formula is C9H21NO5. The summed E-state index contributed by atoms with van der Waals surface area (Å²) in [7, 11) is 0. The van der Waals surface area contributed by atoms with E-state index >= 15 is 0 Å². The quantitative estimate of drug-likeness (QED) is 0.661. The summed E-state index contributed by atoms with van der Waals surface area (Å²) in [6.07, 6.45) is 0.222. The molecule has 6 nitrogen and oxygen atoms in total. The van der Waals surface area contributed by atoms with Gasteiger partial charge in [-0.05, 0) is 20.8 Å². The Kier molecular flexibility index (Phi) is 14.8. The third-order valence-corrected chi connectivity index (χ3v) is 1.01. The predicted molar refractivity (Wildman–Crippen MR) is 54.6 cm³/mol. The summed E-state index contributed by atoms with van der Waals surface area (Å²) in [5.41, 5.74) is 0. The lowest BCUT2D eigenvalue weighted by Crippen LogP contribution is -2.24. The summed E-state index contributed by atoms with van der Waals surface area (Å²) in [5.74, 6) is -0.745. The van der Waals surface area contributed by atoms with Gasteiger partial charge >= 0.3 is 5.97 Å². The number of hydrogen-bond acceptors (Lipinski definition) is 5. The SMILES string of the molecule is CCC(=O)O.CCON(OCC)OCC. The van der Waals surface area contributed by atoms with Crippen molar-refractivity contribution < 1.29 is 24.4 Å². The first-order chi connectivity index (χ1) is 7.12. The second-order valence-electron chi connectivity index (χ2n) is 2.22. The number of hydrogen-bond donors (Lipinski definition) is 1. The van der Waals surface area contributed by atoms with Gasteiger partial charge < -0.3 is 5.11 Å². The van der Waals surface area contributed by atoms with Crippen LogP contribution in [0.3, 0.4) is 0 Å². The van der Waals surface area contributed by atoms with Crippen LogP contribution in [-0.4, -0.2) is 36.3 Å². The fourth-order valence-corrected chi connectivity index (χ4v) is 0.428. The highest BCUT2D eigenvalue weighted by atomic mass is 17.2. The molecule has 6 heteroatoms. The van der Waals surface area contributed by atoms with E-state index < -0.39 is 5.97 Å². The van der Waals surface area contributed by atoms with Crippen molar-refractivity contribution in [2.75, 3.05) is 19.8 Å². The van der Waals surface area contributed by atoms with Gasteiger partial charge in [0, 0.05) is 6.42 Å². The van der Waals surface area contributed by atoms with Gasteiger partial charge in [-0.15, -0.1) is 0 Å². The molecule has 0 aromatic rings. The molecule has 15 heavy (non-hydrogen) atoms. The maximum Gasteiger partial charge on any atom is 0.303 e. The lowest BCUT2D eigenvalue weighted by molar-refractivity contribution is -0.523. The van der Waals surface area contributed by atoms with Crippen LogP contribution >= 0.6 is 0 Å². The lowest BCUT2D eigenvalue weighted by Gasteiger charge is -2.16. The molecule has 1 N–H and O–H groups in total. The molecular weight excluding hydrogens is 202 g/mol. The van der Waals surface area contributed by atoms with Crippen LogP contribution in [0.1, 0.15) is 34.1 Å². The van der Waals surface area contributed by atoms with E-state index in [1.165, 1.54) is 0 Å². The smallest absolute Gasteiger partial charge is 0.303 e. The summed E-state index contributed by atoms with van der Waals surface area (Å²) < 4.78 is 0. The molecule has 0 rings (SSSR count). The minimum absolute atomic E-state index is 0.222. The molecule has 0 bridgehead atoms. The van der Waals surface area contributed by atoms with Crippen molar-refractivity contribution >= 4 is 5.97 Å². The van der Waals surface area contributed by atoms with E-state index in [-0.39, 0.29) is 6.42 Å². The Balaban J connectivity index is 0. The van der Waals surface area contributed by atoms with Crippen LogP contribution in [0.15, 0.2) is 0 Å². The molecule has 0 aromatic carbocycles. The molecule has 0 spiro atoms. The van der Waals surface area contributed by atoms with Crippen molar-refractivity contribution in [2.24, 2.45) is 0 Å². The zero-order valence-corrected chi connectivity index (χ0v) is 9.86. The standard InChI is InChI=1S/C6H15NO3.C3H6O2/c1-4-8-7(9-5-2)10-6-3;1-2-3(4)5/h4-6H2,1-3H3;2H2,1H3,(H,4,5). The van der Waals surface area contributed by atoms with Crippen molar-refractivity contribution in [3.63, 3.8) is 0 Å². The molecule has 0 saturated heterocycles. The van der Waals surface area contributed by atoms with Gasteiger partial charge in [0.05, 0.1) is 25.2 Å². The van der Waals surface area contributed by atoms with Gasteiger partial charge in [0.25, 0.3) is 0 Å². The molecule has 0 amide bonds. The van der Waals surface area contributed by atoms with Crippen molar-refractivity contribution in [3.8, 4) is 0 Å². The molecule has 0 aliphatic rings. The van der Waals surface area contributed by atoms with Gasteiger partial charge in [-0.3, -0.25) is 19.3 Å². The average Bonchev–Trinajstić information content (AvgIpc) is 2.20. The van der Waals surface area contributed by atoms with E-state index in [4.69, 9.17) is 19.6 Å². The predicted octanol–water partition coefficient (Wildman–Crippen LogP) is 1.62. The van der Waals surface area contributed by atoms with Crippen LogP contribution in [0, 0.1) is 0 Å². The fraction of sp³-hybridized carbons (Fsp3) is 0.889. The summed E-state index contributed by atoms with van der Waals surface area (Å²) in [6, 6.07) is 0. The zero-order chi connectivity index (χ0) is 12.1. The van der Waals surface area contributed by atoms with Gasteiger partial charge in [0.1, 0.15) is 0 Å². The van der Waals surface area contributed by atoms with Gasteiger partial charge in [0.2, 0.25) is 0 Å². The summed E-state index contributed by atoms with van der Waals surface area (Å²) in [4.78, 5) is 24.1. The number of carbonyl (C=O) groups is 1. The Morgan fingerprint density at radius 3 is 1.40 bits per heavy atom. The minimum atomic E-state index is -0.745. The Bertz CT molecular complexity index is 128. The van der Waals surface area contributed by atoms with Gasteiger partial charge in [-0.25, -0.2) is 0 Å². The van der Waals surface area contributed by atoms with Crippen molar-refractivity contribution in [2.45, 2.75) is 34.1 Å². The van der Waals surface area contributed by atoms with Crippen molar-refractivity contribution in [1.82, 2.24) is 5.39 Å². The van der Waals surface area contributed by atoms with E-state index in [9.17, 15) is 4.79 Å². The number of carboxylic acid groups (broad SMARTS) is 1. The minimum Gasteiger partial charge on any atom is -0.481 e. The Labute approximate surface area is 90.6 Å². The van der Waals surface area contributed by atoms with Gasteiger partial charge in [0.15, 0.2) is 0 Å². The van der Waals surface area contributed by atoms with E-state index in [1.54, 1.807) is 6.92 Å². The second-order valence-corrected chi connectivity index (χ2v) is 2.22. The van der Waals surface area contributed by atoms with Crippen molar-refractivity contribution in [3.05, 3.63) is 0 Å². The molecule has 0 aromatic heterocycles. The molecule has 0 radical (unpaired) electrons.